The van der Waals surface area contributed by atoms with Crippen LogP contribution in [0.15, 0.2) is 22.9 Å². The zero-order chi connectivity index (χ0) is 13.0. The van der Waals surface area contributed by atoms with E-state index in [-0.39, 0.29) is 5.91 Å². The van der Waals surface area contributed by atoms with E-state index in [0.717, 1.165) is 23.4 Å². The molecule has 0 saturated heterocycles. The predicted molar refractivity (Wildman–Crippen MR) is 75.4 cm³/mol. The molecule has 1 N–H and O–H groups in total. The van der Waals surface area contributed by atoms with Crippen molar-refractivity contribution in [3.8, 4) is 0 Å². The minimum absolute atomic E-state index is 0.00504. The maximum atomic E-state index is 12.1. The second kappa shape index (κ2) is 6.32. The number of rotatable bonds is 2. The molecule has 1 aliphatic carbocycles. The van der Waals surface area contributed by atoms with Crippen LogP contribution >= 0.6 is 15.9 Å². The predicted octanol–water partition coefficient (Wildman–Crippen LogP) is 3.54. The first kappa shape index (κ1) is 13.5. The van der Waals surface area contributed by atoms with E-state index in [1.54, 1.807) is 18.3 Å². The molecule has 1 aromatic heterocycles. The Labute approximate surface area is 117 Å². The molecule has 0 spiro atoms. The Morgan fingerprint density at radius 2 is 2.17 bits per heavy atom. The van der Waals surface area contributed by atoms with Crippen molar-refractivity contribution in [3.63, 3.8) is 0 Å². The van der Waals surface area contributed by atoms with Crippen LogP contribution < -0.4 is 5.32 Å². The fourth-order valence-corrected chi connectivity index (χ4v) is 2.64. The Kier molecular flexibility index (Phi) is 4.75. The third kappa shape index (κ3) is 3.80. The summed E-state index contributed by atoms with van der Waals surface area (Å²) in [6, 6.07) is 3.92. The van der Waals surface area contributed by atoms with Gasteiger partial charge < -0.3 is 5.32 Å². The SMILES string of the molecule is CC1CCCC(NC(=O)c2ccc(Br)nc2)CC1. The van der Waals surface area contributed by atoms with Gasteiger partial charge in [-0.25, -0.2) is 4.98 Å². The maximum absolute atomic E-state index is 12.1. The lowest BCUT2D eigenvalue weighted by atomic mass is 10.0. The lowest BCUT2D eigenvalue weighted by Crippen LogP contribution is -2.34. The molecule has 0 radical (unpaired) electrons. The van der Waals surface area contributed by atoms with E-state index in [1.165, 1.54) is 19.3 Å². The van der Waals surface area contributed by atoms with Crippen molar-refractivity contribution in [2.75, 3.05) is 0 Å². The Hall–Kier alpha value is -0.900. The maximum Gasteiger partial charge on any atom is 0.253 e. The summed E-state index contributed by atoms with van der Waals surface area (Å²) in [4.78, 5) is 16.1. The van der Waals surface area contributed by atoms with E-state index >= 15 is 0 Å². The third-order valence-electron chi connectivity index (χ3n) is 3.58. The molecule has 1 amide bonds. The molecule has 18 heavy (non-hydrogen) atoms. The summed E-state index contributed by atoms with van der Waals surface area (Å²) in [5.41, 5.74) is 0.635. The van der Waals surface area contributed by atoms with E-state index in [4.69, 9.17) is 0 Å². The van der Waals surface area contributed by atoms with Crippen molar-refractivity contribution in [1.29, 1.82) is 0 Å². The third-order valence-corrected chi connectivity index (χ3v) is 4.05. The topological polar surface area (TPSA) is 42.0 Å². The highest BCUT2D eigenvalue weighted by atomic mass is 79.9. The van der Waals surface area contributed by atoms with Gasteiger partial charge in [-0.3, -0.25) is 4.79 Å². The van der Waals surface area contributed by atoms with Gasteiger partial charge in [-0.1, -0.05) is 19.8 Å². The number of carbonyl (C=O) groups is 1. The summed E-state index contributed by atoms with van der Waals surface area (Å²) in [6.45, 7) is 2.29. The van der Waals surface area contributed by atoms with Gasteiger partial charge in [0.2, 0.25) is 0 Å². The Bertz CT molecular complexity index is 405. The average Bonchev–Trinajstić information content (AvgIpc) is 2.55. The van der Waals surface area contributed by atoms with Crippen molar-refractivity contribution in [1.82, 2.24) is 10.3 Å². The highest BCUT2D eigenvalue weighted by Gasteiger charge is 2.18. The number of hydrogen-bond donors (Lipinski definition) is 1. The number of nitrogens with one attached hydrogen (secondary N) is 1. The average molecular weight is 311 g/mol. The zero-order valence-corrected chi connectivity index (χ0v) is 12.2. The van der Waals surface area contributed by atoms with Gasteiger partial charge in [-0.2, -0.15) is 0 Å². The molecule has 1 aliphatic rings. The van der Waals surface area contributed by atoms with Crippen LogP contribution in [0.2, 0.25) is 0 Å². The fraction of sp³-hybridized carbons (Fsp3) is 0.571. The Morgan fingerprint density at radius 1 is 1.33 bits per heavy atom. The normalized spacial score (nSPS) is 24.3. The Balaban J connectivity index is 1.92. The van der Waals surface area contributed by atoms with Crippen molar-refractivity contribution in [2.24, 2.45) is 5.92 Å². The van der Waals surface area contributed by atoms with Gasteiger partial charge in [-0.15, -0.1) is 0 Å². The molecule has 2 unspecified atom stereocenters. The van der Waals surface area contributed by atoms with E-state index in [9.17, 15) is 4.79 Å². The van der Waals surface area contributed by atoms with E-state index in [1.807, 2.05) is 0 Å². The lowest BCUT2D eigenvalue weighted by Gasteiger charge is -2.16. The van der Waals surface area contributed by atoms with Crippen LogP contribution in [-0.2, 0) is 0 Å². The van der Waals surface area contributed by atoms with Gasteiger partial charge in [0.1, 0.15) is 4.60 Å². The lowest BCUT2D eigenvalue weighted by molar-refractivity contribution is 0.0932. The minimum atomic E-state index is -0.00504. The molecular formula is C14H19BrN2O. The van der Waals surface area contributed by atoms with Crippen molar-refractivity contribution >= 4 is 21.8 Å². The summed E-state index contributed by atoms with van der Waals surface area (Å²) in [5.74, 6) is 0.788. The van der Waals surface area contributed by atoms with E-state index < -0.39 is 0 Å². The van der Waals surface area contributed by atoms with Gasteiger partial charge in [0, 0.05) is 12.2 Å². The number of carbonyl (C=O) groups excluding carboxylic acids is 1. The number of aromatic nitrogens is 1. The van der Waals surface area contributed by atoms with E-state index in [0.29, 0.717) is 11.6 Å². The standard InChI is InChI=1S/C14H19BrN2O/c1-10-3-2-4-12(7-5-10)17-14(18)11-6-8-13(15)16-9-11/h6,8-10,12H,2-5,7H2,1H3,(H,17,18). The smallest absolute Gasteiger partial charge is 0.253 e. The highest BCUT2D eigenvalue weighted by molar-refractivity contribution is 9.10. The first-order valence-electron chi connectivity index (χ1n) is 6.57. The van der Waals surface area contributed by atoms with Crippen molar-refractivity contribution in [2.45, 2.75) is 45.1 Å². The van der Waals surface area contributed by atoms with Gasteiger partial charge >= 0.3 is 0 Å². The quantitative estimate of drug-likeness (QED) is 0.670. The number of nitrogens with zero attached hydrogens (tertiary/aromatic N) is 1. The van der Waals surface area contributed by atoms with Gasteiger partial charge in [0.25, 0.3) is 5.91 Å². The summed E-state index contributed by atoms with van der Waals surface area (Å²) in [6.07, 6.45) is 7.51. The molecule has 1 heterocycles. The molecule has 1 saturated carbocycles. The largest absolute Gasteiger partial charge is 0.349 e. The first-order valence-corrected chi connectivity index (χ1v) is 7.37. The molecule has 0 bridgehead atoms. The number of halogens is 1. The van der Waals surface area contributed by atoms with Gasteiger partial charge in [-0.05, 0) is 53.2 Å². The van der Waals surface area contributed by atoms with Crippen molar-refractivity contribution in [3.05, 3.63) is 28.5 Å². The van der Waals surface area contributed by atoms with Crippen LogP contribution in [-0.4, -0.2) is 16.9 Å². The second-order valence-corrected chi connectivity index (χ2v) is 5.97. The molecule has 1 fully saturated rings. The van der Waals surface area contributed by atoms with Crippen LogP contribution in [0.4, 0.5) is 0 Å². The van der Waals surface area contributed by atoms with E-state index in [2.05, 4.69) is 33.2 Å². The molecule has 2 atom stereocenters. The minimum Gasteiger partial charge on any atom is -0.349 e. The first-order chi connectivity index (χ1) is 8.65. The zero-order valence-electron chi connectivity index (χ0n) is 10.7. The molecule has 0 aliphatic heterocycles. The fourth-order valence-electron chi connectivity index (χ4n) is 2.41. The molecule has 3 nitrogen and oxygen atoms in total. The number of hydrogen-bond acceptors (Lipinski definition) is 2. The van der Waals surface area contributed by atoms with Crippen LogP contribution in [0.25, 0.3) is 0 Å². The van der Waals surface area contributed by atoms with Crippen LogP contribution in [0, 0.1) is 5.92 Å². The second-order valence-electron chi connectivity index (χ2n) is 5.15. The van der Waals surface area contributed by atoms with Crippen LogP contribution in [0.5, 0.6) is 0 Å². The van der Waals surface area contributed by atoms with Crippen molar-refractivity contribution < 1.29 is 4.79 Å². The Morgan fingerprint density at radius 3 is 2.89 bits per heavy atom. The monoisotopic (exact) mass is 310 g/mol. The van der Waals surface area contributed by atoms with Crippen LogP contribution in [0.1, 0.15) is 49.4 Å². The molecule has 1 aromatic rings. The molecule has 0 aromatic carbocycles. The summed E-state index contributed by atoms with van der Waals surface area (Å²) in [7, 11) is 0. The molecule has 4 heteroatoms. The summed E-state index contributed by atoms with van der Waals surface area (Å²) >= 11 is 3.27. The summed E-state index contributed by atoms with van der Waals surface area (Å²) in [5, 5.41) is 3.12. The molecule has 98 valence electrons. The highest BCUT2D eigenvalue weighted by Crippen LogP contribution is 2.22. The molecular weight excluding hydrogens is 292 g/mol. The van der Waals surface area contributed by atoms with Gasteiger partial charge in [0.15, 0.2) is 0 Å². The van der Waals surface area contributed by atoms with Gasteiger partial charge in [0.05, 0.1) is 5.56 Å². The van der Waals surface area contributed by atoms with Crippen LogP contribution in [0.3, 0.4) is 0 Å². The molecule has 2 rings (SSSR count). The number of amides is 1. The summed E-state index contributed by atoms with van der Waals surface area (Å²) < 4.78 is 0.752. The number of pyridine rings is 1.